The van der Waals surface area contributed by atoms with Crippen molar-refractivity contribution >= 4 is 16.9 Å². The van der Waals surface area contributed by atoms with Crippen molar-refractivity contribution in [3.8, 4) is 0 Å². The Morgan fingerprint density at radius 3 is 2.81 bits per heavy atom. The second-order valence-corrected chi connectivity index (χ2v) is 7.20. The summed E-state index contributed by atoms with van der Waals surface area (Å²) in [4.78, 5) is 8.15. The van der Waals surface area contributed by atoms with Crippen LogP contribution in [0.1, 0.15) is 30.4 Å². The highest BCUT2D eigenvalue weighted by Gasteiger charge is 2.55. The lowest BCUT2D eigenvalue weighted by atomic mass is 9.88. The molecule has 1 aliphatic rings. The van der Waals surface area contributed by atoms with E-state index < -0.39 is 30.1 Å². The first-order valence-electron chi connectivity index (χ1n) is 8.68. The van der Waals surface area contributed by atoms with Gasteiger partial charge in [-0.2, -0.15) is 0 Å². The van der Waals surface area contributed by atoms with Crippen LogP contribution in [-0.2, 0) is 4.74 Å². The molecule has 0 bridgehead atoms. The fraction of sp³-hybridized carbons (Fsp3) is 0.368. The van der Waals surface area contributed by atoms with E-state index in [1.54, 1.807) is 22.9 Å². The molecule has 1 aromatic carbocycles. The molecule has 27 heavy (non-hydrogen) atoms. The number of aliphatic hydroxyl groups is 3. The summed E-state index contributed by atoms with van der Waals surface area (Å²) in [6.07, 6.45) is -1.37. The Morgan fingerprint density at radius 1 is 1.30 bits per heavy atom. The van der Waals surface area contributed by atoms with Gasteiger partial charge in [0.1, 0.15) is 41.7 Å². The van der Waals surface area contributed by atoms with Gasteiger partial charge in [0.15, 0.2) is 6.23 Å². The summed E-state index contributed by atoms with van der Waals surface area (Å²) in [7, 11) is 0. The summed E-state index contributed by atoms with van der Waals surface area (Å²) in [6, 6.07) is 9.04. The summed E-state index contributed by atoms with van der Waals surface area (Å²) in [6.45, 7) is 3.37. The maximum Gasteiger partial charge on any atom is 0.164 e. The van der Waals surface area contributed by atoms with Crippen molar-refractivity contribution in [3.63, 3.8) is 0 Å². The minimum absolute atomic E-state index is 0.314. The van der Waals surface area contributed by atoms with Crippen LogP contribution in [0.2, 0.25) is 0 Å². The molecule has 0 aliphatic carbocycles. The average molecular weight is 370 g/mol. The quantitative estimate of drug-likeness (QED) is 0.543. The van der Waals surface area contributed by atoms with E-state index in [1.807, 2.05) is 25.1 Å². The molecule has 4 rings (SSSR count). The summed E-state index contributed by atoms with van der Waals surface area (Å²) < 4.78 is 7.54. The minimum atomic E-state index is -1.68. The van der Waals surface area contributed by atoms with Crippen molar-refractivity contribution in [1.82, 2.24) is 14.5 Å². The van der Waals surface area contributed by atoms with E-state index in [2.05, 4.69) is 9.97 Å². The Bertz CT molecular complexity index is 987. The summed E-state index contributed by atoms with van der Waals surface area (Å²) in [5.41, 5.74) is 6.25. The van der Waals surface area contributed by atoms with Crippen molar-refractivity contribution in [2.24, 2.45) is 0 Å². The highest BCUT2D eigenvalue weighted by Crippen LogP contribution is 2.43. The molecule has 0 amide bonds. The maximum atomic E-state index is 10.9. The van der Waals surface area contributed by atoms with Crippen LogP contribution in [-0.4, -0.2) is 47.7 Å². The van der Waals surface area contributed by atoms with Gasteiger partial charge in [-0.1, -0.05) is 29.8 Å². The summed E-state index contributed by atoms with van der Waals surface area (Å²) in [5.74, 6) is 0.314. The first-order chi connectivity index (χ1) is 12.8. The number of rotatable bonds is 3. The largest absolute Gasteiger partial charge is 0.386 e. The first kappa shape index (κ1) is 17.9. The van der Waals surface area contributed by atoms with Gasteiger partial charge in [0.05, 0.1) is 5.39 Å². The number of aromatic nitrogens is 3. The highest BCUT2D eigenvalue weighted by atomic mass is 16.6. The maximum absolute atomic E-state index is 10.9. The number of ether oxygens (including phenoxy) is 1. The van der Waals surface area contributed by atoms with Crippen LogP contribution in [0.4, 0.5) is 5.82 Å². The third kappa shape index (κ3) is 2.78. The number of fused-ring (bicyclic) bond motifs is 1. The van der Waals surface area contributed by atoms with E-state index in [4.69, 9.17) is 10.5 Å². The van der Waals surface area contributed by atoms with Gasteiger partial charge in [-0.3, -0.25) is 0 Å². The Hall–Kier alpha value is -2.52. The molecule has 0 spiro atoms. The molecule has 2 aromatic heterocycles. The van der Waals surface area contributed by atoms with E-state index in [0.29, 0.717) is 22.4 Å². The number of nitrogens with two attached hydrogens (primary N) is 1. The molecule has 0 radical (unpaired) electrons. The molecule has 142 valence electrons. The lowest BCUT2D eigenvalue weighted by Crippen LogP contribution is -2.47. The van der Waals surface area contributed by atoms with Crippen LogP contribution in [0.25, 0.3) is 11.0 Å². The van der Waals surface area contributed by atoms with Crippen LogP contribution in [0.3, 0.4) is 0 Å². The SMILES string of the molecule is Cc1cccc([C@H](O)[C@H]2O[C@@H](n3ccc4c(N)ncnc43)[C@H](O)[C@]2(C)O)c1. The molecule has 3 aromatic rings. The standard InChI is InChI=1S/C19H22N4O4/c1-10-4-3-5-11(8-10)13(24)15-19(2,26)14(25)18(27-15)23-7-6-12-16(20)21-9-22-17(12)23/h3-9,13-15,18,24-26H,1-2H3,(H2,20,21,22)/t13-,14-,15+,18+,19-/m0/s1. The molecule has 8 nitrogen and oxygen atoms in total. The van der Waals surface area contributed by atoms with Gasteiger partial charge in [0.25, 0.3) is 0 Å². The number of hydrogen-bond donors (Lipinski definition) is 4. The Morgan fingerprint density at radius 2 is 2.07 bits per heavy atom. The minimum Gasteiger partial charge on any atom is -0.386 e. The number of nitrogen functional groups attached to an aromatic ring is 1. The zero-order valence-electron chi connectivity index (χ0n) is 15.0. The van der Waals surface area contributed by atoms with Gasteiger partial charge in [-0.25, -0.2) is 9.97 Å². The van der Waals surface area contributed by atoms with Gasteiger partial charge >= 0.3 is 0 Å². The summed E-state index contributed by atoms with van der Waals surface area (Å²) in [5, 5.41) is 33.1. The highest BCUT2D eigenvalue weighted by molar-refractivity contribution is 5.86. The molecule has 8 heteroatoms. The van der Waals surface area contributed by atoms with E-state index in [0.717, 1.165) is 5.56 Å². The molecule has 3 heterocycles. The second kappa shape index (κ2) is 6.28. The normalized spacial score (nSPS) is 29.3. The van der Waals surface area contributed by atoms with E-state index in [9.17, 15) is 15.3 Å². The first-order valence-corrected chi connectivity index (χ1v) is 8.68. The zero-order chi connectivity index (χ0) is 19.3. The summed E-state index contributed by atoms with van der Waals surface area (Å²) >= 11 is 0. The van der Waals surface area contributed by atoms with Crippen LogP contribution in [0.15, 0.2) is 42.9 Å². The predicted octanol–water partition coefficient (Wildman–Crippen LogP) is 1.06. The number of benzene rings is 1. The molecule has 5 N–H and O–H groups in total. The van der Waals surface area contributed by atoms with Crippen molar-refractivity contribution < 1.29 is 20.1 Å². The number of hydrogen-bond acceptors (Lipinski definition) is 7. The van der Waals surface area contributed by atoms with Gasteiger partial charge in [-0.15, -0.1) is 0 Å². The van der Waals surface area contributed by atoms with E-state index >= 15 is 0 Å². The molecular weight excluding hydrogens is 348 g/mol. The van der Waals surface area contributed by atoms with Crippen molar-refractivity contribution in [3.05, 3.63) is 54.0 Å². The lowest BCUT2D eigenvalue weighted by Gasteiger charge is -2.29. The van der Waals surface area contributed by atoms with Crippen molar-refractivity contribution in [2.45, 2.75) is 44.0 Å². The zero-order valence-corrected chi connectivity index (χ0v) is 15.0. The monoisotopic (exact) mass is 370 g/mol. The van der Waals surface area contributed by atoms with Gasteiger partial charge in [0, 0.05) is 6.20 Å². The molecular formula is C19H22N4O4. The van der Waals surface area contributed by atoms with E-state index in [-0.39, 0.29) is 0 Å². The van der Waals surface area contributed by atoms with Gasteiger partial charge in [-0.05, 0) is 25.5 Å². The molecule has 0 unspecified atom stereocenters. The topological polar surface area (TPSA) is 127 Å². The Labute approximate surface area is 155 Å². The van der Waals surface area contributed by atoms with Gasteiger partial charge < -0.3 is 30.4 Å². The number of aliphatic hydroxyl groups excluding tert-OH is 2. The molecule has 5 atom stereocenters. The van der Waals surface area contributed by atoms with Gasteiger partial charge in [0.2, 0.25) is 0 Å². The Kier molecular flexibility index (Phi) is 4.15. The molecule has 1 saturated heterocycles. The van der Waals surface area contributed by atoms with E-state index in [1.165, 1.54) is 13.3 Å². The molecule has 0 saturated carbocycles. The van der Waals surface area contributed by atoms with Crippen molar-refractivity contribution in [2.75, 3.05) is 5.73 Å². The average Bonchev–Trinajstić information content (AvgIpc) is 3.15. The third-order valence-corrected chi connectivity index (χ3v) is 5.22. The number of nitrogens with zero attached hydrogens (tertiary/aromatic N) is 3. The Balaban J connectivity index is 1.71. The fourth-order valence-corrected chi connectivity index (χ4v) is 3.66. The van der Waals surface area contributed by atoms with Crippen molar-refractivity contribution in [1.29, 1.82) is 0 Å². The smallest absolute Gasteiger partial charge is 0.164 e. The van der Waals surface area contributed by atoms with Crippen LogP contribution >= 0.6 is 0 Å². The number of anilines is 1. The number of aryl methyl sites for hydroxylation is 1. The molecule has 1 aliphatic heterocycles. The fourth-order valence-electron chi connectivity index (χ4n) is 3.66. The lowest BCUT2D eigenvalue weighted by molar-refractivity contribution is -0.115. The van der Waals surface area contributed by atoms with Crippen LogP contribution < -0.4 is 5.73 Å². The van der Waals surface area contributed by atoms with Crippen LogP contribution in [0, 0.1) is 6.92 Å². The predicted molar refractivity (Wildman–Crippen MR) is 98.6 cm³/mol. The molecule has 1 fully saturated rings. The third-order valence-electron chi connectivity index (χ3n) is 5.22. The second-order valence-electron chi connectivity index (χ2n) is 7.20. The van der Waals surface area contributed by atoms with Crippen LogP contribution in [0.5, 0.6) is 0 Å².